The maximum atomic E-state index is 12.3. The number of carbonyl (C=O) groups is 1. The molecule has 0 unspecified atom stereocenters. The van der Waals surface area contributed by atoms with Crippen molar-refractivity contribution < 1.29 is 9.90 Å². The number of amidine groups is 1. The average Bonchev–Trinajstić information content (AvgIpc) is 2.78. The van der Waals surface area contributed by atoms with Crippen LogP contribution in [-0.2, 0) is 4.79 Å². The van der Waals surface area contributed by atoms with E-state index in [0.29, 0.717) is 20.8 Å². The third kappa shape index (κ3) is 3.57. The van der Waals surface area contributed by atoms with E-state index < -0.39 is 0 Å². The van der Waals surface area contributed by atoms with Crippen LogP contribution in [0.15, 0.2) is 58.4 Å². The summed E-state index contributed by atoms with van der Waals surface area (Å²) in [5.41, 5.74) is 1.54. The first-order chi connectivity index (χ1) is 11.0. The van der Waals surface area contributed by atoms with Crippen LogP contribution in [0.5, 0.6) is 5.75 Å². The largest absolute Gasteiger partial charge is 0.508 e. The number of nitrogens with zero attached hydrogens (tertiary/aromatic N) is 2. The first-order valence-electron chi connectivity index (χ1n) is 6.84. The van der Waals surface area contributed by atoms with Gasteiger partial charge in [-0.25, -0.2) is 4.99 Å². The van der Waals surface area contributed by atoms with Crippen molar-refractivity contribution in [2.75, 3.05) is 7.05 Å². The van der Waals surface area contributed by atoms with E-state index in [1.54, 1.807) is 49.5 Å². The maximum absolute atomic E-state index is 12.3. The van der Waals surface area contributed by atoms with Crippen molar-refractivity contribution in [1.82, 2.24) is 4.90 Å². The monoisotopic (exact) mass is 344 g/mol. The first kappa shape index (κ1) is 15.6. The lowest BCUT2D eigenvalue weighted by atomic mass is 10.2. The Morgan fingerprint density at radius 3 is 2.65 bits per heavy atom. The van der Waals surface area contributed by atoms with Gasteiger partial charge >= 0.3 is 0 Å². The summed E-state index contributed by atoms with van der Waals surface area (Å²) in [7, 11) is 1.69. The lowest BCUT2D eigenvalue weighted by molar-refractivity contribution is -0.121. The molecule has 0 aliphatic carbocycles. The number of aliphatic imine (C=N–C) groups is 1. The zero-order chi connectivity index (χ0) is 16.4. The summed E-state index contributed by atoms with van der Waals surface area (Å²) in [6, 6.07) is 13.8. The molecule has 4 nitrogen and oxygen atoms in total. The van der Waals surface area contributed by atoms with Gasteiger partial charge in [-0.15, -0.1) is 0 Å². The molecular weight excluding hydrogens is 332 g/mol. The van der Waals surface area contributed by atoms with Gasteiger partial charge in [0.2, 0.25) is 0 Å². The third-order valence-corrected chi connectivity index (χ3v) is 4.52. The molecule has 0 aromatic heterocycles. The molecule has 0 bridgehead atoms. The Kier molecular flexibility index (Phi) is 4.41. The standard InChI is InChI=1S/C17H13ClN2O2S/c1-20-16(22)15(10-11-3-2-4-12(18)9-11)23-17(20)19-13-5-7-14(21)8-6-13/h2-10,21H,1H3/b15-10-,19-17?. The van der Waals surface area contributed by atoms with Gasteiger partial charge in [0.05, 0.1) is 10.6 Å². The van der Waals surface area contributed by atoms with Crippen molar-refractivity contribution in [3.05, 3.63) is 64.0 Å². The van der Waals surface area contributed by atoms with Crippen molar-refractivity contribution >= 4 is 46.2 Å². The van der Waals surface area contributed by atoms with Crippen LogP contribution in [0.3, 0.4) is 0 Å². The van der Waals surface area contributed by atoms with Gasteiger partial charge < -0.3 is 5.11 Å². The van der Waals surface area contributed by atoms with Crippen molar-refractivity contribution in [2.45, 2.75) is 0 Å². The summed E-state index contributed by atoms with van der Waals surface area (Å²) in [6.45, 7) is 0. The van der Waals surface area contributed by atoms with E-state index in [4.69, 9.17) is 11.6 Å². The Morgan fingerprint density at radius 2 is 1.96 bits per heavy atom. The Morgan fingerprint density at radius 1 is 1.22 bits per heavy atom. The van der Waals surface area contributed by atoms with Gasteiger partial charge in [-0.2, -0.15) is 0 Å². The highest BCUT2D eigenvalue weighted by atomic mass is 35.5. The second kappa shape index (κ2) is 6.48. The molecule has 0 atom stereocenters. The quantitative estimate of drug-likeness (QED) is 0.827. The van der Waals surface area contributed by atoms with Gasteiger partial charge in [0.15, 0.2) is 5.17 Å². The van der Waals surface area contributed by atoms with Gasteiger partial charge in [0, 0.05) is 12.1 Å². The highest BCUT2D eigenvalue weighted by Gasteiger charge is 2.30. The van der Waals surface area contributed by atoms with E-state index in [1.165, 1.54) is 16.7 Å². The van der Waals surface area contributed by atoms with Crippen molar-refractivity contribution in [2.24, 2.45) is 4.99 Å². The Bertz CT molecular complexity index is 816. The molecule has 2 aromatic carbocycles. The van der Waals surface area contributed by atoms with Crippen molar-refractivity contribution in [3.8, 4) is 5.75 Å². The van der Waals surface area contributed by atoms with Crippen LogP contribution in [0, 0.1) is 0 Å². The number of halogens is 1. The van der Waals surface area contributed by atoms with Gasteiger partial charge in [0.1, 0.15) is 5.75 Å². The predicted octanol–water partition coefficient (Wildman–Crippen LogP) is 4.28. The molecule has 1 aliphatic heterocycles. The number of likely N-dealkylation sites (N-methyl/N-ethyl adjacent to an activating group) is 1. The summed E-state index contributed by atoms with van der Waals surface area (Å²) < 4.78 is 0. The molecule has 0 saturated carbocycles. The molecule has 1 heterocycles. The number of amides is 1. The van der Waals surface area contributed by atoms with Gasteiger partial charge in [-0.05, 0) is 59.8 Å². The van der Waals surface area contributed by atoms with Crippen LogP contribution in [0.25, 0.3) is 6.08 Å². The lowest BCUT2D eigenvalue weighted by Crippen LogP contribution is -2.23. The number of carbonyl (C=O) groups excluding carboxylic acids is 1. The van der Waals surface area contributed by atoms with Crippen molar-refractivity contribution in [1.29, 1.82) is 0 Å². The van der Waals surface area contributed by atoms with E-state index in [-0.39, 0.29) is 11.7 Å². The smallest absolute Gasteiger partial charge is 0.266 e. The zero-order valence-corrected chi connectivity index (χ0v) is 13.8. The van der Waals surface area contributed by atoms with E-state index in [0.717, 1.165) is 5.56 Å². The first-order valence-corrected chi connectivity index (χ1v) is 8.03. The van der Waals surface area contributed by atoms with Crippen LogP contribution in [-0.4, -0.2) is 28.1 Å². The van der Waals surface area contributed by atoms with Crippen LogP contribution >= 0.6 is 23.4 Å². The number of phenols is 1. The predicted molar refractivity (Wildman–Crippen MR) is 95.0 cm³/mol. The highest BCUT2D eigenvalue weighted by molar-refractivity contribution is 8.18. The Hall–Kier alpha value is -2.24. The summed E-state index contributed by atoms with van der Waals surface area (Å²) >= 11 is 7.28. The Balaban J connectivity index is 1.89. The number of hydrogen-bond donors (Lipinski definition) is 1. The molecule has 1 amide bonds. The number of benzene rings is 2. The number of thioether (sulfide) groups is 1. The van der Waals surface area contributed by atoms with E-state index in [1.807, 2.05) is 12.1 Å². The van der Waals surface area contributed by atoms with Gasteiger partial charge in [0.25, 0.3) is 5.91 Å². The van der Waals surface area contributed by atoms with Crippen LogP contribution in [0.4, 0.5) is 5.69 Å². The third-order valence-electron chi connectivity index (χ3n) is 3.22. The topological polar surface area (TPSA) is 52.9 Å². The summed E-state index contributed by atoms with van der Waals surface area (Å²) in [5, 5.41) is 10.5. The zero-order valence-electron chi connectivity index (χ0n) is 12.2. The Labute approximate surface area is 143 Å². The molecule has 0 radical (unpaired) electrons. The molecule has 1 N–H and O–H groups in total. The fourth-order valence-electron chi connectivity index (χ4n) is 2.04. The molecule has 116 valence electrons. The highest BCUT2D eigenvalue weighted by Crippen LogP contribution is 2.33. The fraction of sp³-hybridized carbons (Fsp3) is 0.0588. The minimum absolute atomic E-state index is 0.104. The second-order valence-corrected chi connectivity index (χ2v) is 6.39. The molecule has 0 spiro atoms. The average molecular weight is 345 g/mol. The minimum Gasteiger partial charge on any atom is -0.508 e. The molecule has 3 rings (SSSR count). The molecule has 2 aromatic rings. The molecule has 1 saturated heterocycles. The number of aromatic hydroxyl groups is 1. The minimum atomic E-state index is -0.104. The van der Waals surface area contributed by atoms with Crippen LogP contribution < -0.4 is 0 Å². The van der Waals surface area contributed by atoms with Crippen molar-refractivity contribution in [3.63, 3.8) is 0 Å². The summed E-state index contributed by atoms with van der Waals surface area (Å²) in [4.78, 5) is 18.9. The molecule has 23 heavy (non-hydrogen) atoms. The number of phenolic OH excluding ortho intramolecular Hbond substituents is 1. The van der Waals surface area contributed by atoms with E-state index >= 15 is 0 Å². The number of rotatable bonds is 2. The normalized spacial score (nSPS) is 18.2. The van der Waals surface area contributed by atoms with Gasteiger partial charge in [-0.3, -0.25) is 9.69 Å². The maximum Gasteiger partial charge on any atom is 0.266 e. The fourth-order valence-corrected chi connectivity index (χ4v) is 3.22. The summed E-state index contributed by atoms with van der Waals surface area (Å²) in [6.07, 6.45) is 1.80. The second-order valence-electron chi connectivity index (χ2n) is 4.94. The van der Waals surface area contributed by atoms with Gasteiger partial charge in [-0.1, -0.05) is 23.7 Å². The number of hydrogen-bond acceptors (Lipinski definition) is 4. The molecule has 1 aliphatic rings. The SMILES string of the molecule is CN1C(=O)/C(=C/c2cccc(Cl)c2)SC1=Nc1ccc(O)cc1. The van der Waals surface area contributed by atoms with Crippen LogP contribution in [0.1, 0.15) is 5.56 Å². The van der Waals surface area contributed by atoms with Crippen LogP contribution in [0.2, 0.25) is 5.02 Å². The van der Waals surface area contributed by atoms with E-state index in [2.05, 4.69) is 4.99 Å². The van der Waals surface area contributed by atoms with E-state index in [9.17, 15) is 9.90 Å². The lowest BCUT2D eigenvalue weighted by Gasteiger charge is -2.07. The molecule has 6 heteroatoms. The molecular formula is C17H13ClN2O2S. The summed E-state index contributed by atoms with van der Waals surface area (Å²) in [5.74, 6) is 0.0755. The molecule has 1 fully saturated rings.